The number of hydrogen-bond acceptors (Lipinski definition) is 4. The summed E-state index contributed by atoms with van der Waals surface area (Å²) in [5.41, 5.74) is 0. The fourth-order valence-corrected chi connectivity index (χ4v) is 6.38. The fourth-order valence-electron chi connectivity index (χ4n) is 5.41. The Morgan fingerprint density at radius 1 is 0.525 bits per heavy atom. The standard InChI is InChI=1S/C34H72NO4P/c1-5-9-13-16-19-20-21-22-25-29-33-38-40(36,37)39-34(30-26-12-8-4)35(31-27-23-17-14-10-6-2)32-28-24-18-15-11-7-3/h34H,5-33H2,1-4H3,(H,36,37). The topological polar surface area (TPSA) is 59.0 Å². The number of hydrogen-bond donors (Lipinski definition) is 1. The Balaban J connectivity index is 4.72. The third-order valence-corrected chi connectivity index (χ3v) is 9.09. The van der Waals surface area contributed by atoms with E-state index in [0.29, 0.717) is 6.61 Å². The molecule has 0 aromatic heterocycles. The van der Waals surface area contributed by atoms with Crippen LogP contribution < -0.4 is 0 Å². The summed E-state index contributed by atoms with van der Waals surface area (Å²) in [4.78, 5) is 13.0. The zero-order valence-electron chi connectivity index (χ0n) is 27.6. The predicted molar refractivity (Wildman–Crippen MR) is 175 cm³/mol. The van der Waals surface area contributed by atoms with Crippen molar-refractivity contribution < 1.29 is 18.5 Å². The molecule has 0 radical (unpaired) electrons. The Morgan fingerprint density at radius 3 is 1.30 bits per heavy atom. The summed E-state index contributed by atoms with van der Waals surface area (Å²) in [6, 6.07) is 0. The van der Waals surface area contributed by atoms with Crippen LogP contribution in [0.1, 0.15) is 195 Å². The molecule has 0 saturated heterocycles. The van der Waals surface area contributed by atoms with Crippen molar-refractivity contribution in [2.24, 2.45) is 0 Å². The number of unbranched alkanes of at least 4 members (excludes halogenated alkanes) is 21. The van der Waals surface area contributed by atoms with E-state index < -0.39 is 7.82 Å². The second-order valence-electron chi connectivity index (χ2n) is 12.1. The minimum Gasteiger partial charge on any atom is -0.302 e. The van der Waals surface area contributed by atoms with E-state index >= 15 is 0 Å². The third-order valence-electron chi connectivity index (χ3n) is 8.07. The largest absolute Gasteiger partial charge is 0.473 e. The highest BCUT2D eigenvalue weighted by molar-refractivity contribution is 7.47. The molecule has 0 aromatic carbocycles. The van der Waals surface area contributed by atoms with Gasteiger partial charge >= 0.3 is 7.82 Å². The lowest BCUT2D eigenvalue weighted by Gasteiger charge is -2.32. The summed E-state index contributed by atoms with van der Waals surface area (Å²) in [7, 11) is -4.08. The minimum absolute atomic E-state index is 0.306. The van der Waals surface area contributed by atoms with Crippen molar-refractivity contribution in [3.05, 3.63) is 0 Å². The average molecular weight is 590 g/mol. The molecular weight excluding hydrogens is 517 g/mol. The van der Waals surface area contributed by atoms with E-state index in [9.17, 15) is 9.46 Å². The molecule has 2 atom stereocenters. The van der Waals surface area contributed by atoms with Gasteiger partial charge in [0.15, 0.2) is 0 Å². The van der Waals surface area contributed by atoms with Crippen LogP contribution in [0.15, 0.2) is 0 Å². The summed E-state index contributed by atoms with van der Waals surface area (Å²) >= 11 is 0. The number of phosphoric acid groups is 1. The highest BCUT2D eigenvalue weighted by Crippen LogP contribution is 2.46. The Bertz CT molecular complexity index is 532. The van der Waals surface area contributed by atoms with Crippen LogP contribution in [0, 0.1) is 0 Å². The molecule has 242 valence electrons. The molecule has 0 aliphatic rings. The lowest BCUT2D eigenvalue weighted by Crippen LogP contribution is -2.38. The minimum atomic E-state index is -4.08. The van der Waals surface area contributed by atoms with Gasteiger partial charge < -0.3 is 4.89 Å². The number of rotatable bonds is 33. The lowest BCUT2D eigenvalue weighted by atomic mass is 10.1. The molecule has 0 amide bonds. The monoisotopic (exact) mass is 590 g/mol. The van der Waals surface area contributed by atoms with Crippen LogP contribution in [-0.4, -0.2) is 35.7 Å². The Labute approximate surface area is 251 Å². The maximum atomic E-state index is 13.0. The van der Waals surface area contributed by atoms with Gasteiger partial charge in [0.05, 0.1) is 6.61 Å². The first-order chi connectivity index (χ1) is 19.5. The van der Waals surface area contributed by atoms with Crippen molar-refractivity contribution in [1.29, 1.82) is 0 Å². The van der Waals surface area contributed by atoms with Gasteiger partial charge in [0.2, 0.25) is 0 Å². The molecule has 0 bridgehead atoms. The molecule has 5 nitrogen and oxygen atoms in total. The van der Waals surface area contributed by atoms with Crippen LogP contribution >= 0.6 is 7.82 Å². The van der Waals surface area contributed by atoms with Crippen LogP contribution in [-0.2, 0) is 13.6 Å². The molecule has 0 saturated carbocycles. The summed E-state index contributed by atoms with van der Waals surface area (Å²) in [5, 5.41) is 0. The zero-order valence-corrected chi connectivity index (χ0v) is 28.5. The van der Waals surface area contributed by atoms with Gasteiger partial charge in [-0.3, -0.25) is 13.9 Å². The molecule has 40 heavy (non-hydrogen) atoms. The maximum absolute atomic E-state index is 13.0. The first-order valence-corrected chi connectivity index (χ1v) is 19.4. The van der Waals surface area contributed by atoms with Gasteiger partial charge in [-0.2, -0.15) is 0 Å². The normalized spacial score (nSPS) is 14.2. The Kier molecular flexibility index (Phi) is 30.6. The smallest absolute Gasteiger partial charge is 0.302 e. The van der Waals surface area contributed by atoms with Crippen molar-refractivity contribution in [3.8, 4) is 0 Å². The summed E-state index contributed by atoms with van der Waals surface area (Å²) in [6.07, 6.45) is 31.1. The first kappa shape index (κ1) is 40.1. The molecule has 6 heteroatoms. The number of phosphoric ester groups is 1. The van der Waals surface area contributed by atoms with Crippen LogP contribution in [0.3, 0.4) is 0 Å². The van der Waals surface area contributed by atoms with Crippen LogP contribution in [0.2, 0.25) is 0 Å². The quantitative estimate of drug-likeness (QED) is 0.0469. The van der Waals surface area contributed by atoms with Gasteiger partial charge in [-0.1, -0.05) is 163 Å². The van der Waals surface area contributed by atoms with Crippen LogP contribution in [0.5, 0.6) is 0 Å². The molecule has 0 fully saturated rings. The molecule has 0 rings (SSSR count). The van der Waals surface area contributed by atoms with Crippen molar-refractivity contribution >= 4 is 7.82 Å². The molecule has 0 heterocycles. The van der Waals surface area contributed by atoms with Crippen molar-refractivity contribution in [3.63, 3.8) is 0 Å². The van der Waals surface area contributed by atoms with Gasteiger partial charge in [-0.25, -0.2) is 4.57 Å². The van der Waals surface area contributed by atoms with E-state index in [1.54, 1.807) is 0 Å². The predicted octanol–water partition coefficient (Wildman–Crippen LogP) is 12.0. The molecule has 0 spiro atoms. The van der Waals surface area contributed by atoms with E-state index in [4.69, 9.17) is 9.05 Å². The van der Waals surface area contributed by atoms with E-state index in [0.717, 1.165) is 64.5 Å². The van der Waals surface area contributed by atoms with Gasteiger partial charge in [-0.15, -0.1) is 0 Å². The van der Waals surface area contributed by atoms with Crippen molar-refractivity contribution in [2.75, 3.05) is 19.7 Å². The SMILES string of the molecule is CCCCCCCCCCCCOP(=O)(O)OC(CCCCC)N(CCCCCCCC)CCCCCCCC. The van der Waals surface area contributed by atoms with Crippen LogP contribution in [0.25, 0.3) is 0 Å². The van der Waals surface area contributed by atoms with E-state index in [-0.39, 0.29) is 6.23 Å². The van der Waals surface area contributed by atoms with Gasteiger partial charge in [0, 0.05) is 13.1 Å². The van der Waals surface area contributed by atoms with Crippen LogP contribution in [0.4, 0.5) is 0 Å². The first-order valence-electron chi connectivity index (χ1n) is 17.9. The molecule has 0 aliphatic heterocycles. The van der Waals surface area contributed by atoms with E-state index in [2.05, 4.69) is 32.6 Å². The maximum Gasteiger partial charge on any atom is 0.473 e. The van der Waals surface area contributed by atoms with Crippen molar-refractivity contribution in [1.82, 2.24) is 4.90 Å². The second-order valence-corrected chi connectivity index (χ2v) is 13.5. The molecule has 0 aromatic rings. The zero-order chi connectivity index (χ0) is 29.6. The van der Waals surface area contributed by atoms with E-state index in [1.165, 1.54) is 116 Å². The van der Waals surface area contributed by atoms with Gasteiger partial charge in [0.1, 0.15) is 6.23 Å². The lowest BCUT2D eigenvalue weighted by molar-refractivity contribution is -0.0134. The molecule has 2 unspecified atom stereocenters. The highest BCUT2D eigenvalue weighted by Gasteiger charge is 2.30. The summed E-state index contributed by atoms with van der Waals surface area (Å²) in [6.45, 7) is 11.2. The summed E-state index contributed by atoms with van der Waals surface area (Å²) in [5.74, 6) is 0. The van der Waals surface area contributed by atoms with E-state index in [1.807, 2.05) is 0 Å². The second kappa shape index (κ2) is 30.5. The Morgan fingerprint density at radius 2 is 0.875 bits per heavy atom. The molecular formula is C34H72NO4P. The summed E-state index contributed by atoms with van der Waals surface area (Å²) < 4.78 is 24.4. The van der Waals surface area contributed by atoms with Gasteiger partial charge in [-0.05, 0) is 32.1 Å². The number of nitrogens with zero attached hydrogens (tertiary/aromatic N) is 1. The third kappa shape index (κ3) is 26.9. The van der Waals surface area contributed by atoms with Crippen molar-refractivity contribution in [2.45, 2.75) is 201 Å². The average Bonchev–Trinajstić information content (AvgIpc) is 2.93. The highest BCUT2D eigenvalue weighted by atomic mass is 31.2. The fraction of sp³-hybridized carbons (Fsp3) is 1.00. The Hall–Kier alpha value is 0.0700. The molecule has 1 N–H and O–H groups in total. The molecule has 0 aliphatic carbocycles. The van der Waals surface area contributed by atoms with Gasteiger partial charge in [0.25, 0.3) is 0 Å².